The van der Waals surface area contributed by atoms with E-state index in [0.29, 0.717) is 18.8 Å². The summed E-state index contributed by atoms with van der Waals surface area (Å²) in [6.45, 7) is 6.37. The molecule has 0 atom stereocenters. The maximum atomic E-state index is 12.5. The van der Waals surface area contributed by atoms with Crippen molar-refractivity contribution >= 4 is 30.0 Å². The maximum absolute atomic E-state index is 12.5. The summed E-state index contributed by atoms with van der Waals surface area (Å²) < 4.78 is 0. The third-order valence-electron chi connectivity index (χ3n) is 3.40. The molecule has 3 amide bonds. The minimum atomic E-state index is -0.934. The summed E-state index contributed by atoms with van der Waals surface area (Å²) in [7, 11) is 0. The molecule has 1 aromatic carbocycles. The molecule has 3 N–H and O–H groups in total. The summed E-state index contributed by atoms with van der Waals surface area (Å²) in [5, 5.41) is 8.66. The van der Waals surface area contributed by atoms with E-state index in [1.165, 1.54) is 0 Å². The summed E-state index contributed by atoms with van der Waals surface area (Å²) in [6.07, 6.45) is 0. The van der Waals surface area contributed by atoms with Gasteiger partial charge in [-0.25, -0.2) is 4.79 Å². The zero-order valence-corrected chi connectivity index (χ0v) is 13.7. The van der Waals surface area contributed by atoms with Crippen LogP contribution in [0.1, 0.15) is 13.8 Å². The van der Waals surface area contributed by atoms with Crippen LogP contribution in [0.5, 0.6) is 0 Å². The molecule has 122 valence electrons. The first-order chi connectivity index (χ1) is 9.99. The topological polar surface area (TPSA) is 73.5 Å². The van der Waals surface area contributed by atoms with Crippen molar-refractivity contribution in [1.29, 1.82) is 0 Å². The zero-order chi connectivity index (χ0) is 15.3. The second-order valence-electron chi connectivity index (χ2n) is 5.61. The number of nitrogens with one attached hydrogen (secondary N) is 3. The molecule has 0 unspecified atom stereocenters. The smallest absolute Gasteiger partial charge is 0.320 e. The molecule has 0 radical (unpaired) electrons. The van der Waals surface area contributed by atoms with E-state index in [4.69, 9.17) is 0 Å². The summed E-state index contributed by atoms with van der Waals surface area (Å²) in [4.78, 5) is 26.3. The van der Waals surface area contributed by atoms with E-state index in [1.807, 2.05) is 18.2 Å². The van der Waals surface area contributed by atoms with Crippen molar-refractivity contribution in [3.63, 3.8) is 0 Å². The lowest BCUT2D eigenvalue weighted by atomic mass is 10.0. The Hall–Kier alpha value is -1.79. The van der Waals surface area contributed by atoms with Crippen LogP contribution in [0.3, 0.4) is 0 Å². The van der Waals surface area contributed by atoms with Gasteiger partial charge in [0.25, 0.3) is 0 Å². The molecule has 0 spiro atoms. The SMILES string of the molecule is CC(C)(NC(=O)Nc1ccccc1)C(=O)N1CCNCC1.Cl. The molecule has 0 saturated carbocycles. The Bertz CT molecular complexity index is 502. The molecule has 0 aromatic heterocycles. The number of amides is 3. The van der Waals surface area contributed by atoms with Gasteiger partial charge in [-0.2, -0.15) is 0 Å². The standard InChI is InChI=1S/C15H22N4O2.ClH/c1-15(2,13(20)19-10-8-16-9-11-19)18-14(21)17-12-6-4-3-5-7-12;/h3-7,16H,8-11H2,1-2H3,(H2,17,18,21);1H. The average molecular weight is 327 g/mol. The van der Waals surface area contributed by atoms with Gasteiger partial charge >= 0.3 is 6.03 Å². The van der Waals surface area contributed by atoms with Crippen LogP contribution in [0, 0.1) is 0 Å². The quantitative estimate of drug-likeness (QED) is 0.787. The fourth-order valence-corrected chi connectivity index (χ4v) is 2.28. The van der Waals surface area contributed by atoms with Crippen molar-refractivity contribution in [3.8, 4) is 0 Å². The van der Waals surface area contributed by atoms with Crippen molar-refractivity contribution in [1.82, 2.24) is 15.5 Å². The van der Waals surface area contributed by atoms with E-state index >= 15 is 0 Å². The van der Waals surface area contributed by atoms with Crippen molar-refractivity contribution in [3.05, 3.63) is 30.3 Å². The number of anilines is 1. The van der Waals surface area contributed by atoms with Crippen molar-refractivity contribution in [2.75, 3.05) is 31.5 Å². The third kappa shape index (κ3) is 4.89. The minimum Gasteiger partial charge on any atom is -0.338 e. The fourth-order valence-electron chi connectivity index (χ4n) is 2.28. The highest BCUT2D eigenvalue weighted by Gasteiger charge is 2.34. The van der Waals surface area contributed by atoms with Crippen molar-refractivity contribution in [2.45, 2.75) is 19.4 Å². The number of hydrogen-bond acceptors (Lipinski definition) is 3. The maximum Gasteiger partial charge on any atom is 0.320 e. The second kappa shape index (κ2) is 8.00. The first-order valence-electron chi connectivity index (χ1n) is 7.13. The summed E-state index contributed by atoms with van der Waals surface area (Å²) in [6, 6.07) is 8.77. The van der Waals surface area contributed by atoms with Crippen LogP contribution >= 0.6 is 12.4 Å². The van der Waals surface area contributed by atoms with Crippen LogP contribution in [0.2, 0.25) is 0 Å². The van der Waals surface area contributed by atoms with Gasteiger partial charge in [0.15, 0.2) is 0 Å². The Kier molecular flexibility index (Phi) is 6.64. The number of carbonyl (C=O) groups excluding carboxylic acids is 2. The molecule has 1 aromatic rings. The van der Waals surface area contributed by atoms with Gasteiger partial charge in [-0.15, -0.1) is 12.4 Å². The van der Waals surface area contributed by atoms with Gasteiger partial charge in [-0.1, -0.05) is 18.2 Å². The Morgan fingerprint density at radius 2 is 1.73 bits per heavy atom. The fraction of sp³-hybridized carbons (Fsp3) is 0.467. The molecule has 1 fully saturated rings. The number of hydrogen-bond donors (Lipinski definition) is 3. The Labute approximate surface area is 137 Å². The molecule has 0 aliphatic carbocycles. The van der Waals surface area contributed by atoms with Gasteiger partial charge in [0.2, 0.25) is 5.91 Å². The summed E-state index contributed by atoms with van der Waals surface area (Å²) in [5.74, 6) is -0.0628. The largest absolute Gasteiger partial charge is 0.338 e. The lowest BCUT2D eigenvalue weighted by Crippen LogP contribution is -2.59. The molecular formula is C15H23ClN4O2. The van der Waals surface area contributed by atoms with Gasteiger partial charge in [0.05, 0.1) is 0 Å². The van der Waals surface area contributed by atoms with E-state index < -0.39 is 5.54 Å². The Morgan fingerprint density at radius 1 is 1.14 bits per heavy atom. The summed E-state index contributed by atoms with van der Waals surface area (Å²) >= 11 is 0. The molecule has 2 rings (SSSR count). The lowest BCUT2D eigenvalue weighted by molar-refractivity contribution is -0.137. The average Bonchev–Trinajstić information content (AvgIpc) is 2.47. The number of carbonyl (C=O) groups is 2. The van der Waals surface area contributed by atoms with Crippen LogP contribution in [0.15, 0.2) is 30.3 Å². The monoisotopic (exact) mass is 326 g/mol. The molecule has 0 bridgehead atoms. The van der Waals surface area contributed by atoms with Gasteiger partial charge in [0, 0.05) is 31.9 Å². The minimum absolute atomic E-state index is 0. The Morgan fingerprint density at radius 3 is 2.32 bits per heavy atom. The zero-order valence-electron chi connectivity index (χ0n) is 12.9. The molecule has 1 saturated heterocycles. The van der Waals surface area contributed by atoms with E-state index in [1.54, 1.807) is 30.9 Å². The number of para-hydroxylation sites is 1. The number of benzene rings is 1. The summed E-state index contributed by atoms with van der Waals surface area (Å²) in [5.41, 5.74) is -0.239. The molecule has 1 aliphatic heterocycles. The van der Waals surface area contributed by atoms with E-state index in [2.05, 4.69) is 16.0 Å². The van der Waals surface area contributed by atoms with Crippen LogP contribution in [0.4, 0.5) is 10.5 Å². The van der Waals surface area contributed by atoms with E-state index in [0.717, 1.165) is 13.1 Å². The number of halogens is 1. The van der Waals surface area contributed by atoms with Crippen molar-refractivity contribution in [2.24, 2.45) is 0 Å². The molecule has 7 heteroatoms. The highest BCUT2D eigenvalue weighted by Crippen LogP contribution is 2.11. The predicted octanol–water partition coefficient (Wildman–Crippen LogP) is 1.44. The highest BCUT2D eigenvalue weighted by atomic mass is 35.5. The third-order valence-corrected chi connectivity index (χ3v) is 3.40. The lowest BCUT2D eigenvalue weighted by Gasteiger charge is -2.35. The normalized spacial score (nSPS) is 14.7. The van der Waals surface area contributed by atoms with Gasteiger partial charge in [-0.05, 0) is 26.0 Å². The van der Waals surface area contributed by atoms with Gasteiger partial charge in [0.1, 0.15) is 5.54 Å². The first kappa shape index (κ1) is 18.3. The van der Waals surface area contributed by atoms with Gasteiger partial charge in [-0.3, -0.25) is 4.79 Å². The second-order valence-corrected chi connectivity index (χ2v) is 5.61. The number of urea groups is 1. The van der Waals surface area contributed by atoms with Gasteiger partial charge < -0.3 is 20.9 Å². The number of nitrogens with zero attached hydrogens (tertiary/aromatic N) is 1. The number of rotatable bonds is 3. The van der Waals surface area contributed by atoms with Crippen LogP contribution < -0.4 is 16.0 Å². The molecule has 22 heavy (non-hydrogen) atoms. The number of piperazine rings is 1. The van der Waals surface area contributed by atoms with E-state index in [-0.39, 0.29) is 24.3 Å². The molecule has 1 heterocycles. The first-order valence-corrected chi connectivity index (χ1v) is 7.13. The van der Waals surface area contributed by atoms with Crippen LogP contribution in [-0.2, 0) is 4.79 Å². The van der Waals surface area contributed by atoms with E-state index in [9.17, 15) is 9.59 Å². The van der Waals surface area contributed by atoms with Crippen molar-refractivity contribution < 1.29 is 9.59 Å². The molecular weight excluding hydrogens is 304 g/mol. The Balaban J connectivity index is 0.00000242. The predicted molar refractivity (Wildman–Crippen MR) is 89.4 cm³/mol. The van der Waals surface area contributed by atoms with Crippen LogP contribution in [0.25, 0.3) is 0 Å². The van der Waals surface area contributed by atoms with Crippen LogP contribution in [-0.4, -0.2) is 48.6 Å². The highest BCUT2D eigenvalue weighted by molar-refractivity contribution is 5.95. The molecule has 6 nitrogen and oxygen atoms in total. The molecule has 1 aliphatic rings.